The van der Waals surface area contributed by atoms with Gasteiger partial charge in [0.15, 0.2) is 12.4 Å². The molecule has 1 heterocycles. The first-order valence-corrected chi connectivity index (χ1v) is 7.89. The molecule has 8 heteroatoms. The predicted molar refractivity (Wildman–Crippen MR) is 95.3 cm³/mol. The number of halogens is 1. The normalized spacial score (nSPS) is 11.8. The first kappa shape index (κ1) is 19.2. The van der Waals surface area contributed by atoms with E-state index in [0.717, 1.165) is 0 Å². The van der Waals surface area contributed by atoms with Crippen LogP contribution in [0.2, 0.25) is 0 Å². The van der Waals surface area contributed by atoms with Gasteiger partial charge in [0.2, 0.25) is 5.88 Å². The van der Waals surface area contributed by atoms with Crippen LogP contribution in [0.3, 0.4) is 0 Å². The van der Waals surface area contributed by atoms with Gasteiger partial charge in [0.25, 0.3) is 5.91 Å². The van der Waals surface area contributed by atoms with E-state index >= 15 is 0 Å². The molecule has 0 aliphatic carbocycles. The van der Waals surface area contributed by atoms with Crippen molar-refractivity contribution in [3.8, 4) is 11.6 Å². The third kappa shape index (κ3) is 6.39. The SMILES string of the molecule is CC(C)(C)NC(=O)CO/N=C(\N)c1ccc(Oc2ccc(F)cc2)nc1. The van der Waals surface area contributed by atoms with Gasteiger partial charge in [0.1, 0.15) is 11.6 Å². The van der Waals surface area contributed by atoms with E-state index in [4.69, 9.17) is 15.3 Å². The number of nitrogens with two attached hydrogens (primary N) is 1. The van der Waals surface area contributed by atoms with Crippen LogP contribution in [0.5, 0.6) is 11.6 Å². The van der Waals surface area contributed by atoms with Crippen molar-refractivity contribution in [2.24, 2.45) is 10.9 Å². The Hall–Kier alpha value is -3.16. The lowest BCUT2D eigenvalue weighted by Gasteiger charge is -2.19. The van der Waals surface area contributed by atoms with Crippen LogP contribution in [0.15, 0.2) is 47.8 Å². The highest BCUT2D eigenvalue weighted by molar-refractivity contribution is 5.96. The largest absolute Gasteiger partial charge is 0.439 e. The zero-order valence-corrected chi connectivity index (χ0v) is 14.8. The van der Waals surface area contributed by atoms with Crippen molar-refractivity contribution in [3.63, 3.8) is 0 Å². The summed E-state index contributed by atoms with van der Waals surface area (Å²) in [6.07, 6.45) is 1.45. The molecule has 0 bridgehead atoms. The number of nitrogens with one attached hydrogen (secondary N) is 1. The second-order valence-corrected chi connectivity index (χ2v) is 6.49. The van der Waals surface area contributed by atoms with Gasteiger partial charge in [-0.3, -0.25) is 4.79 Å². The van der Waals surface area contributed by atoms with Crippen molar-refractivity contribution in [2.75, 3.05) is 6.61 Å². The van der Waals surface area contributed by atoms with E-state index in [1.54, 1.807) is 12.1 Å². The number of carbonyl (C=O) groups is 1. The molecule has 138 valence electrons. The van der Waals surface area contributed by atoms with Gasteiger partial charge >= 0.3 is 0 Å². The molecule has 0 aliphatic heterocycles. The summed E-state index contributed by atoms with van der Waals surface area (Å²) < 4.78 is 18.3. The van der Waals surface area contributed by atoms with Crippen LogP contribution in [-0.2, 0) is 9.63 Å². The Bertz CT molecular complexity index is 769. The van der Waals surface area contributed by atoms with Gasteiger partial charge in [-0.1, -0.05) is 5.16 Å². The Kier molecular flexibility index (Phi) is 6.11. The maximum Gasteiger partial charge on any atom is 0.261 e. The number of nitrogens with zero attached hydrogens (tertiary/aromatic N) is 2. The Morgan fingerprint density at radius 3 is 2.50 bits per heavy atom. The maximum atomic E-state index is 12.9. The highest BCUT2D eigenvalue weighted by Crippen LogP contribution is 2.19. The van der Waals surface area contributed by atoms with Gasteiger partial charge < -0.3 is 20.6 Å². The third-order valence-electron chi connectivity index (χ3n) is 2.94. The molecule has 1 aromatic heterocycles. The van der Waals surface area contributed by atoms with Gasteiger partial charge in [-0.15, -0.1) is 0 Å². The van der Waals surface area contributed by atoms with Gasteiger partial charge in [0.05, 0.1) is 0 Å². The second-order valence-electron chi connectivity index (χ2n) is 6.49. The lowest BCUT2D eigenvalue weighted by molar-refractivity contribution is -0.127. The summed E-state index contributed by atoms with van der Waals surface area (Å²) in [5.74, 6) is 0.213. The number of aromatic nitrogens is 1. The van der Waals surface area contributed by atoms with E-state index in [-0.39, 0.29) is 29.7 Å². The lowest BCUT2D eigenvalue weighted by Crippen LogP contribution is -2.42. The summed E-state index contributed by atoms with van der Waals surface area (Å²) in [4.78, 5) is 20.7. The minimum atomic E-state index is -0.347. The van der Waals surface area contributed by atoms with E-state index in [1.165, 1.54) is 30.5 Å². The van der Waals surface area contributed by atoms with Crippen LogP contribution in [0.25, 0.3) is 0 Å². The average Bonchev–Trinajstić information content (AvgIpc) is 2.56. The molecular formula is C18H21FN4O3. The molecule has 0 saturated carbocycles. The summed E-state index contributed by atoms with van der Waals surface area (Å²) in [5, 5.41) is 6.44. The quantitative estimate of drug-likeness (QED) is 0.469. The topological polar surface area (TPSA) is 98.8 Å². The van der Waals surface area contributed by atoms with Crippen molar-refractivity contribution in [1.82, 2.24) is 10.3 Å². The fourth-order valence-corrected chi connectivity index (χ4v) is 1.88. The predicted octanol–water partition coefficient (Wildman–Crippen LogP) is 2.56. The summed E-state index contributed by atoms with van der Waals surface area (Å²) >= 11 is 0. The number of hydrogen-bond donors (Lipinski definition) is 2. The Morgan fingerprint density at radius 2 is 1.92 bits per heavy atom. The van der Waals surface area contributed by atoms with Crippen LogP contribution in [-0.4, -0.2) is 28.9 Å². The number of benzene rings is 1. The van der Waals surface area contributed by atoms with Gasteiger partial charge in [-0.2, -0.15) is 0 Å². The number of rotatable bonds is 6. The zero-order valence-electron chi connectivity index (χ0n) is 14.8. The fourth-order valence-electron chi connectivity index (χ4n) is 1.88. The molecule has 0 radical (unpaired) electrons. The molecule has 0 unspecified atom stereocenters. The fraction of sp³-hybridized carbons (Fsp3) is 0.278. The van der Waals surface area contributed by atoms with E-state index in [9.17, 15) is 9.18 Å². The molecule has 0 saturated heterocycles. The molecule has 2 rings (SSSR count). The first-order chi connectivity index (χ1) is 12.2. The number of ether oxygens (including phenoxy) is 1. The lowest BCUT2D eigenvalue weighted by atomic mass is 10.1. The van der Waals surface area contributed by atoms with Gasteiger partial charge in [-0.05, 0) is 51.1 Å². The standard InChI is InChI=1S/C18H21FN4O3/c1-18(2,3)22-15(24)11-25-23-17(20)12-4-9-16(21-10-12)26-14-7-5-13(19)6-8-14/h4-10H,11H2,1-3H3,(H2,20,23)(H,22,24). The van der Waals surface area contributed by atoms with Crippen LogP contribution >= 0.6 is 0 Å². The number of amidine groups is 1. The maximum absolute atomic E-state index is 12.9. The Labute approximate surface area is 151 Å². The molecular weight excluding hydrogens is 339 g/mol. The molecule has 1 aromatic carbocycles. The third-order valence-corrected chi connectivity index (χ3v) is 2.94. The molecule has 1 amide bonds. The molecule has 0 aliphatic rings. The highest BCUT2D eigenvalue weighted by atomic mass is 19.1. The van der Waals surface area contributed by atoms with Crippen molar-refractivity contribution in [3.05, 3.63) is 54.0 Å². The van der Waals surface area contributed by atoms with Crippen molar-refractivity contribution >= 4 is 11.7 Å². The first-order valence-electron chi connectivity index (χ1n) is 7.89. The minimum Gasteiger partial charge on any atom is -0.439 e. The Balaban J connectivity index is 1.90. The van der Waals surface area contributed by atoms with Crippen LogP contribution in [0, 0.1) is 5.82 Å². The van der Waals surface area contributed by atoms with Gasteiger partial charge in [-0.25, -0.2) is 9.37 Å². The number of oxime groups is 1. The van der Waals surface area contributed by atoms with E-state index in [0.29, 0.717) is 17.2 Å². The number of amides is 1. The van der Waals surface area contributed by atoms with E-state index in [1.807, 2.05) is 20.8 Å². The Morgan fingerprint density at radius 1 is 1.23 bits per heavy atom. The number of carbonyl (C=O) groups excluding carboxylic acids is 1. The van der Waals surface area contributed by atoms with Crippen molar-refractivity contribution in [1.29, 1.82) is 0 Å². The van der Waals surface area contributed by atoms with Crippen LogP contribution < -0.4 is 15.8 Å². The van der Waals surface area contributed by atoms with Crippen molar-refractivity contribution < 1.29 is 18.8 Å². The molecule has 0 atom stereocenters. The van der Waals surface area contributed by atoms with Crippen LogP contribution in [0.1, 0.15) is 26.3 Å². The highest BCUT2D eigenvalue weighted by Gasteiger charge is 2.13. The minimum absolute atomic E-state index is 0.0781. The summed E-state index contributed by atoms with van der Waals surface area (Å²) in [6, 6.07) is 8.81. The summed E-state index contributed by atoms with van der Waals surface area (Å²) in [7, 11) is 0. The van der Waals surface area contributed by atoms with E-state index in [2.05, 4.69) is 15.5 Å². The molecule has 2 aromatic rings. The zero-order chi connectivity index (χ0) is 19.2. The van der Waals surface area contributed by atoms with E-state index < -0.39 is 0 Å². The number of pyridine rings is 1. The molecule has 26 heavy (non-hydrogen) atoms. The van der Waals surface area contributed by atoms with Crippen LogP contribution in [0.4, 0.5) is 4.39 Å². The second kappa shape index (κ2) is 8.28. The summed E-state index contributed by atoms with van der Waals surface area (Å²) in [6.45, 7) is 5.36. The average molecular weight is 360 g/mol. The van der Waals surface area contributed by atoms with Crippen molar-refractivity contribution in [2.45, 2.75) is 26.3 Å². The molecule has 3 N–H and O–H groups in total. The molecule has 7 nitrogen and oxygen atoms in total. The number of hydrogen-bond acceptors (Lipinski definition) is 5. The smallest absolute Gasteiger partial charge is 0.261 e. The molecule has 0 fully saturated rings. The van der Waals surface area contributed by atoms with Gasteiger partial charge in [0, 0.05) is 23.4 Å². The monoisotopic (exact) mass is 360 g/mol. The summed E-state index contributed by atoms with van der Waals surface area (Å²) in [5.41, 5.74) is 5.96. The molecule has 0 spiro atoms.